The standard InChI is InChI=1S/C21H26N2O/c1-4-23(15-17(2)3)16-21(24)22-20-13-9-8-12-19(20)14-18-10-6-5-7-11-18/h5-13H,2,4,14-16H2,1,3H3,(H,22,24). The molecule has 0 aromatic heterocycles. The maximum atomic E-state index is 12.4. The Bertz CT molecular complexity index is 679. The molecule has 1 N–H and O–H groups in total. The number of nitrogens with one attached hydrogen (secondary N) is 1. The van der Waals surface area contributed by atoms with Crippen molar-refractivity contribution in [1.29, 1.82) is 0 Å². The van der Waals surface area contributed by atoms with E-state index < -0.39 is 0 Å². The molecular formula is C21H26N2O. The van der Waals surface area contributed by atoms with Crippen LogP contribution < -0.4 is 5.32 Å². The first-order valence-corrected chi connectivity index (χ1v) is 8.37. The van der Waals surface area contributed by atoms with Crippen LogP contribution in [0.15, 0.2) is 66.7 Å². The van der Waals surface area contributed by atoms with E-state index in [4.69, 9.17) is 0 Å². The van der Waals surface area contributed by atoms with E-state index in [1.807, 2.05) is 43.3 Å². The van der Waals surface area contributed by atoms with Gasteiger partial charge in [0.05, 0.1) is 6.54 Å². The summed E-state index contributed by atoms with van der Waals surface area (Å²) in [6.45, 7) is 9.91. The van der Waals surface area contributed by atoms with Crippen molar-refractivity contribution in [3.05, 3.63) is 77.9 Å². The van der Waals surface area contributed by atoms with E-state index in [0.717, 1.165) is 36.3 Å². The number of amides is 1. The number of nitrogens with zero attached hydrogens (tertiary/aromatic N) is 1. The fraction of sp³-hybridized carbons (Fsp3) is 0.286. The van der Waals surface area contributed by atoms with Crippen LogP contribution in [-0.4, -0.2) is 30.4 Å². The summed E-state index contributed by atoms with van der Waals surface area (Å²) in [5, 5.41) is 3.06. The molecule has 0 aliphatic heterocycles. The monoisotopic (exact) mass is 322 g/mol. The zero-order chi connectivity index (χ0) is 17.4. The van der Waals surface area contributed by atoms with Crippen molar-refractivity contribution in [2.75, 3.05) is 25.0 Å². The van der Waals surface area contributed by atoms with Crippen LogP contribution in [0.3, 0.4) is 0 Å². The molecule has 0 heterocycles. The lowest BCUT2D eigenvalue weighted by molar-refractivity contribution is -0.117. The summed E-state index contributed by atoms with van der Waals surface area (Å²) >= 11 is 0. The Morgan fingerprint density at radius 1 is 1.04 bits per heavy atom. The maximum absolute atomic E-state index is 12.4. The molecule has 0 spiro atoms. The molecule has 3 heteroatoms. The molecule has 0 atom stereocenters. The average molecular weight is 322 g/mol. The first kappa shape index (κ1) is 18.0. The number of para-hydroxylation sites is 1. The predicted molar refractivity (Wildman–Crippen MR) is 101 cm³/mol. The minimum absolute atomic E-state index is 0.0126. The van der Waals surface area contributed by atoms with Gasteiger partial charge >= 0.3 is 0 Å². The summed E-state index contributed by atoms with van der Waals surface area (Å²) in [5.74, 6) is 0.0126. The van der Waals surface area contributed by atoms with E-state index in [1.54, 1.807) is 0 Å². The molecule has 126 valence electrons. The molecule has 0 aliphatic carbocycles. The SMILES string of the molecule is C=C(C)CN(CC)CC(=O)Nc1ccccc1Cc1ccccc1. The van der Waals surface area contributed by atoms with Gasteiger partial charge in [-0.15, -0.1) is 0 Å². The summed E-state index contributed by atoms with van der Waals surface area (Å²) in [4.78, 5) is 14.5. The summed E-state index contributed by atoms with van der Waals surface area (Å²) in [5.41, 5.74) is 4.31. The van der Waals surface area contributed by atoms with Crippen LogP contribution in [0, 0.1) is 0 Å². The number of hydrogen-bond acceptors (Lipinski definition) is 2. The largest absolute Gasteiger partial charge is 0.325 e. The normalized spacial score (nSPS) is 10.6. The van der Waals surface area contributed by atoms with Gasteiger partial charge in [0.15, 0.2) is 0 Å². The topological polar surface area (TPSA) is 32.3 Å². The lowest BCUT2D eigenvalue weighted by Gasteiger charge is -2.20. The van der Waals surface area contributed by atoms with Crippen molar-refractivity contribution in [1.82, 2.24) is 4.90 Å². The highest BCUT2D eigenvalue weighted by Crippen LogP contribution is 2.19. The molecule has 0 saturated heterocycles. The average Bonchev–Trinajstić information content (AvgIpc) is 2.56. The van der Waals surface area contributed by atoms with Crippen LogP contribution in [0.1, 0.15) is 25.0 Å². The molecule has 0 fully saturated rings. The molecule has 0 aliphatic rings. The van der Waals surface area contributed by atoms with Gasteiger partial charge in [-0.3, -0.25) is 9.69 Å². The van der Waals surface area contributed by atoms with Crippen LogP contribution in [0.4, 0.5) is 5.69 Å². The minimum Gasteiger partial charge on any atom is -0.325 e. The van der Waals surface area contributed by atoms with Crippen LogP contribution in [0.2, 0.25) is 0 Å². The zero-order valence-electron chi connectivity index (χ0n) is 14.6. The molecule has 2 aromatic carbocycles. The Kier molecular flexibility index (Phi) is 6.76. The number of carbonyl (C=O) groups excluding carboxylic acids is 1. The fourth-order valence-electron chi connectivity index (χ4n) is 2.67. The highest BCUT2D eigenvalue weighted by atomic mass is 16.2. The van der Waals surface area contributed by atoms with Crippen LogP contribution >= 0.6 is 0 Å². The first-order valence-electron chi connectivity index (χ1n) is 8.37. The van der Waals surface area contributed by atoms with E-state index >= 15 is 0 Å². The van der Waals surface area contributed by atoms with E-state index in [2.05, 4.69) is 41.9 Å². The molecule has 2 rings (SSSR count). The smallest absolute Gasteiger partial charge is 0.238 e. The van der Waals surface area contributed by atoms with Gasteiger partial charge < -0.3 is 5.32 Å². The highest BCUT2D eigenvalue weighted by molar-refractivity contribution is 5.93. The minimum atomic E-state index is 0.0126. The fourth-order valence-corrected chi connectivity index (χ4v) is 2.67. The number of benzene rings is 2. The van der Waals surface area contributed by atoms with E-state index in [1.165, 1.54) is 5.56 Å². The number of hydrogen-bond donors (Lipinski definition) is 1. The van der Waals surface area contributed by atoms with E-state index in [0.29, 0.717) is 6.54 Å². The van der Waals surface area contributed by atoms with E-state index in [-0.39, 0.29) is 5.91 Å². The Labute approximate surface area is 145 Å². The molecule has 24 heavy (non-hydrogen) atoms. The molecule has 3 nitrogen and oxygen atoms in total. The quantitative estimate of drug-likeness (QED) is 0.742. The number of rotatable bonds is 8. The zero-order valence-corrected chi connectivity index (χ0v) is 14.6. The molecule has 0 radical (unpaired) electrons. The lowest BCUT2D eigenvalue weighted by Crippen LogP contribution is -2.34. The molecule has 1 amide bonds. The summed E-state index contributed by atoms with van der Waals surface area (Å²) in [6.07, 6.45) is 0.806. The highest BCUT2D eigenvalue weighted by Gasteiger charge is 2.11. The molecule has 2 aromatic rings. The Balaban J connectivity index is 2.04. The molecular weight excluding hydrogens is 296 g/mol. The van der Waals surface area contributed by atoms with Gasteiger partial charge in [0, 0.05) is 12.2 Å². The van der Waals surface area contributed by atoms with Crippen molar-refractivity contribution in [2.45, 2.75) is 20.3 Å². The second-order valence-electron chi connectivity index (χ2n) is 6.13. The number of carbonyl (C=O) groups is 1. The van der Waals surface area contributed by atoms with Crippen molar-refractivity contribution in [3.63, 3.8) is 0 Å². The van der Waals surface area contributed by atoms with Crippen LogP contribution in [-0.2, 0) is 11.2 Å². The molecule has 0 saturated carbocycles. The van der Waals surface area contributed by atoms with Crippen molar-refractivity contribution < 1.29 is 4.79 Å². The van der Waals surface area contributed by atoms with Gasteiger partial charge in [-0.2, -0.15) is 0 Å². The third-order valence-electron chi connectivity index (χ3n) is 3.84. The van der Waals surface area contributed by atoms with Crippen LogP contribution in [0.25, 0.3) is 0 Å². The second kappa shape index (κ2) is 9.04. The van der Waals surface area contributed by atoms with Crippen molar-refractivity contribution >= 4 is 11.6 Å². The van der Waals surface area contributed by atoms with Gasteiger partial charge in [-0.1, -0.05) is 67.6 Å². The van der Waals surface area contributed by atoms with Gasteiger partial charge in [0.2, 0.25) is 5.91 Å². The van der Waals surface area contributed by atoms with Gasteiger partial charge in [0.1, 0.15) is 0 Å². The maximum Gasteiger partial charge on any atom is 0.238 e. The molecule has 0 unspecified atom stereocenters. The van der Waals surface area contributed by atoms with Crippen molar-refractivity contribution in [2.24, 2.45) is 0 Å². The summed E-state index contributed by atoms with van der Waals surface area (Å²) in [7, 11) is 0. The Morgan fingerprint density at radius 2 is 1.71 bits per heavy atom. The Hall–Kier alpha value is -2.39. The van der Waals surface area contributed by atoms with E-state index in [9.17, 15) is 4.79 Å². The summed E-state index contributed by atoms with van der Waals surface area (Å²) in [6, 6.07) is 18.3. The van der Waals surface area contributed by atoms with Gasteiger partial charge in [0.25, 0.3) is 0 Å². The van der Waals surface area contributed by atoms with Crippen LogP contribution in [0.5, 0.6) is 0 Å². The summed E-state index contributed by atoms with van der Waals surface area (Å²) < 4.78 is 0. The second-order valence-corrected chi connectivity index (χ2v) is 6.13. The number of anilines is 1. The Morgan fingerprint density at radius 3 is 2.38 bits per heavy atom. The van der Waals surface area contributed by atoms with Gasteiger partial charge in [-0.25, -0.2) is 0 Å². The van der Waals surface area contributed by atoms with Gasteiger partial charge in [-0.05, 0) is 37.1 Å². The van der Waals surface area contributed by atoms with Crippen molar-refractivity contribution in [3.8, 4) is 0 Å². The predicted octanol–water partition coefficient (Wildman–Crippen LogP) is 4.11. The lowest BCUT2D eigenvalue weighted by atomic mass is 10.0. The first-order chi connectivity index (χ1) is 11.6. The third kappa shape index (κ3) is 5.67. The third-order valence-corrected chi connectivity index (χ3v) is 3.84. The number of likely N-dealkylation sites (N-methyl/N-ethyl adjacent to an activating group) is 1. The molecule has 0 bridgehead atoms.